The molecule has 4 nitrogen and oxygen atoms in total. The maximum atomic E-state index is 4.96. The van der Waals surface area contributed by atoms with Crippen molar-refractivity contribution in [3.05, 3.63) is 52.7 Å². The van der Waals surface area contributed by atoms with E-state index >= 15 is 0 Å². The summed E-state index contributed by atoms with van der Waals surface area (Å²) in [7, 11) is 0. The SMILES string of the molecule is C[C@H]1CCc2sc3nc(SCc4ccccc4)n4ncnc4c3c2C1. The van der Waals surface area contributed by atoms with Gasteiger partial charge in [0, 0.05) is 10.6 Å². The van der Waals surface area contributed by atoms with Crippen molar-refractivity contribution >= 4 is 39.0 Å². The van der Waals surface area contributed by atoms with Crippen LogP contribution in [0.3, 0.4) is 0 Å². The highest BCUT2D eigenvalue weighted by Crippen LogP contribution is 2.39. The smallest absolute Gasteiger partial charge is 0.192 e. The van der Waals surface area contributed by atoms with E-state index in [1.807, 2.05) is 21.9 Å². The molecule has 0 radical (unpaired) electrons. The summed E-state index contributed by atoms with van der Waals surface area (Å²) in [5, 5.41) is 6.61. The number of aromatic nitrogens is 4. The Kier molecular flexibility index (Phi) is 3.75. The Morgan fingerprint density at radius 1 is 1.28 bits per heavy atom. The molecule has 0 saturated carbocycles. The van der Waals surface area contributed by atoms with E-state index in [-0.39, 0.29) is 0 Å². The van der Waals surface area contributed by atoms with Crippen LogP contribution in [0.1, 0.15) is 29.3 Å². The van der Waals surface area contributed by atoms with Gasteiger partial charge in [-0.1, -0.05) is 49.0 Å². The fourth-order valence-electron chi connectivity index (χ4n) is 3.55. The number of hydrogen-bond donors (Lipinski definition) is 0. The summed E-state index contributed by atoms with van der Waals surface area (Å²) in [6.07, 6.45) is 5.23. The Balaban J connectivity index is 1.61. The van der Waals surface area contributed by atoms with Gasteiger partial charge < -0.3 is 0 Å². The van der Waals surface area contributed by atoms with Crippen LogP contribution in [0, 0.1) is 5.92 Å². The van der Waals surface area contributed by atoms with Gasteiger partial charge in [0.2, 0.25) is 0 Å². The van der Waals surface area contributed by atoms with Crippen LogP contribution in [0.4, 0.5) is 0 Å². The van der Waals surface area contributed by atoms with Crippen molar-refractivity contribution in [3.8, 4) is 0 Å². The Labute approximate surface area is 154 Å². The van der Waals surface area contributed by atoms with Gasteiger partial charge in [0.1, 0.15) is 11.2 Å². The first kappa shape index (κ1) is 15.3. The highest BCUT2D eigenvalue weighted by molar-refractivity contribution is 7.98. The fraction of sp³-hybridized carbons (Fsp3) is 0.316. The van der Waals surface area contributed by atoms with E-state index in [4.69, 9.17) is 4.98 Å². The van der Waals surface area contributed by atoms with Crippen LogP contribution in [-0.4, -0.2) is 19.6 Å². The quantitative estimate of drug-likeness (QED) is 0.387. The van der Waals surface area contributed by atoms with E-state index in [0.29, 0.717) is 0 Å². The number of rotatable bonds is 3. The van der Waals surface area contributed by atoms with Crippen molar-refractivity contribution in [2.24, 2.45) is 5.92 Å². The van der Waals surface area contributed by atoms with Gasteiger partial charge in [0.15, 0.2) is 10.8 Å². The Hall–Kier alpha value is -1.92. The van der Waals surface area contributed by atoms with Crippen LogP contribution in [0.5, 0.6) is 0 Å². The number of aryl methyl sites for hydroxylation is 1. The van der Waals surface area contributed by atoms with Crippen LogP contribution in [-0.2, 0) is 18.6 Å². The van der Waals surface area contributed by atoms with Gasteiger partial charge >= 0.3 is 0 Å². The number of hydrogen-bond acceptors (Lipinski definition) is 5. The molecule has 1 atom stereocenters. The zero-order chi connectivity index (χ0) is 16.8. The second-order valence-corrected chi connectivity index (χ2v) is 8.72. The Bertz CT molecular complexity index is 1050. The molecule has 0 bridgehead atoms. The maximum absolute atomic E-state index is 4.96. The standard InChI is InChI=1S/C19H18N4S2/c1-12-7-8-15-14(9-12)16-17-20-11-21-23(17)19(22-18(16)25-15)24-10-13-5-3-2-4-6-13/h2-6,11-12H,7-10H2,1H3/t12-/m0/s1. The summed E-state index contributed by atoms with van der Waals surface area (Å²) in [5.74, 6) is 1.62. The summed E-state index contributed by atoms with van der Waals surface area (Å²) >= 11 is 3.58. The molecule has 5 rings (SSSR count). The summed E-state index contributed by atoms with van der Waals surface area (Å²) < 4.78 is 1.92. The van der Waals surface area contributed by atoms with Gasteiger partial charge in [-0.05, 0) is 36.3 Å². The minimum atomic E-state index is 0.736. The van der Waals surface area contributed by atoms with Crippen molar-refractivity contribution in [2.75, 3.05) is 0 Å². The molecule has 0 unspecified atom stereocenters. The molecule has 0 spiro atoms. The third-order valence-corrected chi connectivity index (χ3v) is 7.04. The van der Waals surface area contributed by atoms with Gasteiger partial charge in [-0.2, -0.15) is 9.61 Å². The lowest BCUT2D eigenvalue weighted by Crippen LogP contribution is -2.09. The van der Waals surface area contributed by atoms with Gasteiger partial charge in [-0.15, -0.1) is 11.3 Å². The number of thiophene rings is 1. The second-order valence-electron chi connectivity index (χ2n) is 6.70. The minimum Gasteiger partial charge on any atom is -0.214 e. The maximum Gasteiger partial charge on any atom is 0.192 e. The zero-order valence-electron chi connectivity index (χ0n) is 14.0. The largest absolute Gasteiger partial charge is 0.214 e. The van der Waals surface area contributed by atoms with Crippen molar-refractivity contribution in [1.82, 2.24) is 19.6 Å². The number of thioether (sulfide) groups is 1. The topological polar surface area (TPSA) is 43.1 Å². The number of fused-ring (bicyclic) bond motifs is 5. The highest BCUT2D eigenvalue weighted by atomic mass is 32.2. The van der Waals surface area contributed by atoms with Gasteiger partial charge in [-0.25, -0.2) is 9.97 Å². The van der Waals surface area contributed by atoms with Crippen molar-refractivity contribution in [3.63, 3.8) is 0 Å². The average molecular weight is 367 g/mol. The van der Waals surface area contributed by atoms with E-state index in [9.17, 15) is 0 Å². The first-order valence-corrected chi connectivity index (χ1v) is 10.4. The highest BCUT2D eigenvalue weighted by Gasteiger charge is 2.24. The Morgan fingerprint density at radius 2 is 2.16 bits per heavy atom. The molecule has 0 aliphatic heterocycles. The summed E-state index contributed by atoms with van der Waals surface area (Å²) in [4.78, 5) is 12.2. The van der Waals surface area contributed by atoms with Crippen molar-refractivity contribution in [2.45, 2.75) is 37.1 Å². The molecule has 0 saturated heterocycles. The summed E-state index contributed by atoms with van der Waals surface area (Å²) in [5.41, 5.74) is 3.72. The molecule has 0 fully saturated rings. The summed E-state index contributed by atoms with van der Waals surface area (Å²) in [6.45, 7) is 2.34. The minimum absolute atomic E-state index is 0.736. The molecular weight excluding hydrogens is 348 g/mol. The van der Waals surface area contributed by atoms with E-state index in [1.165, 1.54) is 34.2 Å². The normalized spacial score (nSPS) is 17.2. The van der Waals surface area contributed by atoms with E-state index < -0.39 is 0 Å². The fourth-order valence-corrected chi connectivity index (χ4v) is 5.72. The van der Waals surface area contributed by atoms with Crippen LogP contribution >= 0.6 is 23.1 Å². The third-order valence-electron chi connectivity index (χ3n) is 4.85. The molecule has 6 heteroatoms. The second kappa shape index (κ2) is 6.11. The van der Waals surface area contributed by atoms with E-state index in [0.717, 1.165) is 33.7 Å². The molecule has 3 heterocycles. The monoisotopic (exact) mass is 366 g/mol. The van der Waals surface area contributed by atoms with Gasteiger partial charge in [0.05, 0.1) is 5.39 Å². The predicted octanol–water partition coefficient (Wildman–Crippen LogP) is 4.76. The lowest BCUT2D eigenvalue weighted by Gasteiger charge is -2.17. The molecule has 1 aliphatic rings. The molecule has 1 aromatic carbocycles. The van der Waals surface area contributed by atoms with Crippen LogP contribution in [0.25, 0.3) is 15.9 Å². The van der Waals surface area contributed by atoms with E-state index in [1.54, 1.807) is 18.1 Å². The molecule has 0 N–H and O–H groups in total. The lowest BCUT2D eigenvalue weighted by atomic mass is 9.89. The molecular formula is C19H18N4S2. The van der Waals surface area contributed by atoms with Crippen LogP contribution < -0.4 is 0 Å². The third kappa shape index (κ3) is 2.64. The molecule has 1 aliphatic carbocycles. The molecule has 126 valence electrons. The lowest BCUT2D eigenvalue weighted by molar-refractivity contribution is 0.508. The number of benzene rings is 1. The molecule has 25 heavy (non-hydrogen) atoms. The molecule has 0 amide bonds. The molecule has 3 aromatic heterocycles. The summed E-state index contributed by atoms with van der Waals surface area (Å²) in [6, 6.07) is 10.5. The first-order chi connectivity index (χ1) is 12.3. The predicted molar refractivity (Wildman–Crippen MR) is 103 cm³/mol. The van der Waals surface area contributed by atoms with Crippen LogP contribution in [0.15, 0.2) is 41.8 Å². The molecule has 4 aromatic rings. The van der Waals surface area contributed by atoms with Crippen molar-refractivity contribution < 1.29 is 0 Å². The van der Waals surface area contributed by atoms with Gasteiger partial charge in [0.25, 0.3) is 0 Å². The zero-order valence-corrected chi connectivity index (χ0v) is 15.6. The van der Waals surface area contributed by atoms with Crippen molar-refractivity contribution in [1.29, 1.82) is 0 Å². The van der Waals surface area contributed by atoms with Gasteiger partial charge in [-0.3, -0.25) is 0 Å². The first-order valence-electron chi connectivity index (χ1n) is 8.60. The number of nitrogens with zero attached hydrogens (tertiary/aromatic N) is 4. The van der Waals surface area contributed by atoms with Crippen LogP contribution in [0.2, 0.25) is 0 Å². The van der Waals surface area contributed by atoms with E-state index in [2.05, 4.69) is 41.3 Å². The average Bonchev–Trinajstić information content (AvgIpc) is 3.24. The Morgan fingerprint density at radius 3 is 3.04 bits per heavy atom.